The quantitative estimate of drug-likeness (QED) is 0.556. The Balaban J connectivity index is 1.51. The molecule has 29 heavy (non-hydrogen) atoms. The van der Waals surface area contributed by atoms with E-state index in [1.807, 2.05) is 0 Å². The van der Waals surface area contributed by atoms with Gasteiger partial charge < -0.3 is 19.0 Å². The molecule has 7 nitrogen and oxygen atoms in total. The number of nitrogens with zero attached hydrogens (tertiary/aromatic N) is 3. The molecule has 154 valence electrons. The van der Waals surface area contributed by atoms with Crippen LogP contribution in [0.15, 0.2) is 52.2 Å². The van der Waals surface area contributed by atoms with E-state index in [9.17, 15) is 18.0 Å². The Bertz CT molecular complexity index is 958. The highest BCUT2D eigenvalue weighted by Crippen LogP contribution is 2.31. The fourth-order valence-corrected chi connectivity index (χ4v) is 3.05. The van der Waals surface area contributed by atoms with Gasteiger partial charge in [-0.3, -0.25) is 4.79 Å². The second-order valence-corrected chi connectivity index (χ2v) is 6.86. The van der Waals surface area contributed by atoms with Crippen molar-refractivity contribution in [3.63, 3.8) is 0 Å². The molecule has 0 aliphatic heterocycles. The number of amides is 1. The molecule has 0 aliphatic carbocycles. The van der Waals surface area contributed by atoms with Crippen LogP contribution in [-0.4, -0.2) is 26.4 Å². The van der Waals surface area contributed by atoms with E-state index in [0.717, 1.165) is 12.1 Å². The zero-order valence-electron chi connectivity index (χ0n) is 15.3. The summed E-state index contributed by atoms with van der Waals surface area (Å²) in [5.74, 6) is 1.07. The van der Waals surface area contributed by atoms with Gasteiger partial charge in [-0.2, -0.15) is 13.2 Å². The number of hydrogen-bond donors (Lipinski definition) is 1. The van der Waals surface area contributed by atoms with Crippen LogP contribution in [0.5, 0.6) is 5.75 Å². The smallest absolute Gasteiger partial charge is 0.416 e. The zero-order chi connectivity index (χ0) is 20.9. The number of furan rings is 1. The molecule has 0 unspecified atom stereocenters. The first kappa shape index (κ1) is 20.8. The van der Waals surface area contributed by atoms with E-state index in [4.69, 9.17) is 9.15 Å². The molecular weight excluding hydrogens is 409 g/mol. The highest BCUT2D eigenvalue weighted by molar-refractivity contribution is 7.99. The van der Waals surface area contributed by atoms with Crippen molar-refractivity contribution in [3.05, 3.63) is 59.8 Å². The maximum atomic E-state index is 12.8. The van der Waals surface area contributed by atoms with Crippen LogP contribution in [0.4, 0.5) is 13.2 Å². The number of carbonyl (C=O) groups excluding carboxylic acids is 1. The molecule has 2 aromatic heterocycles. The summed E-state index contributed by atoms with van der Waals surface area (Å²) in [6.07, 6.45) is -2.91. The van der Waals surface area contributed by atoms with E-state index in [-0.39, 0.29) is 24.0 Å². The molecule has 1 N–H and O–H groups in total. The average Bonchev–Trinajstić information content (AvgIpc) is 3.33. The van der Waals surface area contributed by atoms with Crippen LogP contribution in [0, 0.1) is 0 Å². The third-order valence-electron chi connectivity index (χ3n) is 3.83. The van der Waals surface area contributed by atoms with Crippen LogP contribution < -0.4 is 10.1 Å². The number of thioether (sulfide) groups is 1. The molecule has 1 aromatic carbocycles. The first-order valence-electron chi connectivity index (χ1n) is 8.43. The lowest BCUT2D eigenvalue weighted by atomic mass is 10.2. The predicted molar refractivity (Wildman–Crippen MR) is 98.1 cm³/mol. The number of ether oxygens (including phenoxy) is 1. The summed E-state index contributed by atoms with van der Waals surface area (Å²) in [5.41, 5.74) is -0.787. The lowest BCUT2D eigenvalue weighted by Crippen LogP contribution is -2.24. The van der Waals surface area contributed by atoms with Gasteiger partial charge in [0.05, 0.1) is 24.1 Å². The normalized spacial score (nSPS) is 11.4. The molecule has 0 radical (unpaired) electrons. The number of carbonyl (C=O) groups is 1. The molecule has 0 aliphatic rings. The van der Waals surface area contributed by atoms with Crippen molar-refractivity contribution in [1.82, 2.24) is 20.1 Å². The van der Waals surface area contributed by atoms with Crippen LogP contribution in [0.3, 0.4) is 0 Å². The molecule has 0 bridgehead atoms. The zero-order valence-corrected chi connectivity index (χ0v) is 16.1. The lowest BCUT2D eigenvalue weighted by Gasteiger charge is -2.10. The van der Waals surface area contributed by atoms with E-state index in [0.29, 0.717) is 23.3 Å². The summed E-state index contributed by atoms with van der Waals surface area (Å²) >= 11 is 1.18. The Morgan fingerprint density at radius 1 is 1.28 bits per heavy atom. The second-order valence-electron chi connectivity index (χ2n) is 5.92. The van der Waals surface area contributed by atoms with E-state index in [1.54, 1.807) is 23.7 Å². The number of alkyl halides is 3. The summed E-state index contributed by atoms with van der Waals surface area (Å²) in [5, 5.41) is 11.2. The molecule has 1 amide bonds. The standard InChI is InChI=1S/C18H17F3N4O3S/c1-25-15(10-28-13-5-2-4-12(8-13)18(19,20)21)23-24-17(25)29-11-16(26)22-9-14-6-3-7-27-14/h2-8H,9-11H2,1H3,(H,22,26). The number of hydrogen-bond acceptors (Lipinski definition) is 6. The van der Waals surface area contributed by atoms with Crippen LogP contribution >= 0.6 is 11.8 Å². The molecule has 0 spiro atoms. The summed E-state index contributed by atoms with van der Waals surface area (Å²) in [7, 11) is 1.69. The summed E-state index contributed by atoms with van der Waals surface area (Å²) in [6.45, 7) is 0.233. The molecule has 0 atom stereocenters. The maximum Gasteiger partial charge on any atom is 0.416 e. The first-order chi connectivity index (χ1) is 13.8. The molecular formula is C18H17F3N4O3S. The van der Waals surface area contributed by atoms with Crippen molar-refractivity contribution in [2.24, 2.45) is 7.05 Å². The lowest BCUT2D eigenvalue weighted by molar-refractivity contribution is -0.137. The van der Waals surface area contributed by atoms with Crippen molar-refractivity contribution in [1.29, 1.82) is 0 Å². The Hall–Kier alpha value is -2.95. The van der Waals surface area contributed by atoms with Gasteiger partial charge in [0, 0.05) is 7.05 Å². The second kappa shape index (κ2) is 9.03. The van der Waals surface area contributed by atoms with Gasteiger partial charge >= 0.3 is 6.18 Å². The Morgan fingerprint density at radius 2 is 2.10 bits per heavy atom. The maximum absolute atomic E-state index is 12.8. The van der Waals surface area contributed by atoms with Gasteiger partial charge in [-0.15, -0.1) is 10.2 Å². The van der Waals surface area contributed by atoms with Crippen LogP contribution in [-0.2, 0) is 31.2 Å². The first-order valence-corrected chi connectivity index (χ1v) is 9.41. The van der Waals surface area contributed by atoms with Crippen molar-refractivity contribution in [2.45, 2.75) is 24.5 Å². The van der Waals surface area contributed by atoms with Gasteiger partial charge in [0.25, 0.3) is 0 Å². The Kier molecular flexibility index (Phi) is 6.47. The van der Waals surface area contributed by atoms with E-state index >= 15 is 0 Å². The highest BCUT2D eigenvalue weighted by atomic mass is 32.2. The Labute approximate surface area is 168 Å². The van der Waals surface area contributed by atoms with Crippen LogP contribution in [0.25, 0.3) is 0 Å². The third-order valence-corrected chi connectivity index (χ3v) is 4.85. The summed E-state index contributed by atoms with van der Waals surface area (Å²) < 4.78 is 50.4. The minimum absolute atomic E-state index is 0.0595. The SMILES string of the molecule is Cn1c(COc2cccc(C(F)(F)F)c2)nnc1SCC(=O)NCc1ccco1. The minimum Gasteiger partial charge on any atom is -0.486 e. The van der Waals surface area contributed by atoms with Gasteiger partial charge in [0.2, 0.25) is 5.91 Å². The Morgan fingerprint density at radius 3 is 2.83 bits per heavy atom. The fourth-order valence-electron chi connectivity index (χ4n) is 2.29. The highest BCUT2D eigenvalue weighted by Gasteiger charge is 2.30. The third kappa shape index (κ3) is 5.76. The number of rotatable bonds is 8. The van der Waals surface area contributed by atoms with Gasteiger partial charge in [0.15, 0.2) is 11.0 Å². The predicted octanol–water partition coefficient (Wildman–Crippen LogP) is 3.41. The topological polar surface area (TPSA) is 82.2 Å². The molecule has 0 saturated heterocycles. The summed E-state index contributed by atoms with van der Waals surface area (Å²) in [6, 6.07) is 8.10. The van der Waals surface area contributed by atoms with Gasteiger partial charge in [-0.05, 0) is 30.3 Å². The minimum atomic E-state index is -4.44. The largest absolute Gasteiger partial charge is 0.486 e. The van der Waals surface area contributed by atoms with Crippen molar-refractivity contribution < 1.29 is 27.1 Å². The van der Waals surface area contributed by atoms with E-state index < -0.39 is 11.7 Å². The number of halogens is 3. The van der Waals surface area contributed by atoms with Crippen molar-refractivity contribution in [2.75, 3.05) is 5.75 Å². The average molecular weight is 426 g/mol. The van der Waals surface area contributed by atoms with Gasteiger partial charge in [0.1, 0.15) is 18.1 Å². The van der Waals surface area contributed by atoms with Gasteiger partial charge in [-0.25, -0.2) is 0 Å². The monoisotopic (exact) mass is 426 g/mol. The number of nitrogens with one attached hydrogen (secondary N) is 1. The van der Waals surface area contributed by atoms with Crippen molar-refractivity contribution >= 4 is 17.7 Å². The van der Waals surface area contributed by atoms with E-state index in [1.165, 1.54) is 30.2 Å². The van der Waals surface area contributed by atoms with Gasteiger partial charge in [-0.1, -0.05) is 17.8 Å². The molecule has 11 heteroatoms. The van der Waals surface area contributed by atoms with Crippen molar-refractivity contribution in [3.8, 4) is 5.75 Å². The number of benzene rings is 1. The molecule has 0 saturated carbocycles. The van der Waals surface area contributed by atoms with Crippen LogP contribution in [0.2, 0.25) is 0 Å². The molecule has 0 fully saturated rings. The molecule has 3 aromatic rings. The van der Waals surface area contributed by atoms with E-state index in [2.05, 4.69) is 15.5 Å². The van der Waals surface area contributed by atoms with Crippen LogP contribution in [0.1, 0.15) is 17.1 Å². The molecule has 3 rings (SSSR count). The number of aromatic nitrogens is 3. The molecule has 2 heterocycles. The fraction of sp³-hybridized carbons (Fsp3) is 0.278. The summed E-state index contributed by atoms with van der Waals surface area (Å²) in [4.78, 5) is 11.9.